The van der Waals surface area contributed by atoms with E-state index in [0.29, 0.717) is 19.1 Å². The van der Waals surface area contributed by atoms with E-state index in [9.17, 15) is 9.90 Å². The third-order valence-corrected chi connectivity index (χ3v) is 4.47. The van der Waals surface area contributed by atoms with Gasteiger partial charge < -0.3 is 10.4 Å². The Labute approximate surface area is 133 Å². The topological polar surface area (TPSA) is 52.6 Å². The summed E-state index contributed by atoms with van der Waals surface area (Å²) in [5.74, 6) is 0.00303. The van der Waals surface area contributed by atoms with E-state index in [2.05, 4.69) is 17.1 Å². The van der Waals surface area contributed by atoms with Gasteiger partial charge in [0.2, 0.25) is 5.91 Å². The average Bonchev–Trinajstić information content (AvgIpc) is 2.56. The lowest BCUT2D eigenvalue weighted by Gasteiger charge is -2.33. The molecule has 22 heavy (non-hydrogen) atoms. The van der Waals surface area contributed by atoms with Crippen molar-refractivity contribution in [2.45, 2.75) is 51.5 Å². The molecule has 1 fully saturated rings. The number of carbonyl (C=O) groups is 1. The zero-order valence-corrected chi connectivity index (χ0v) is 13.6. The van der Waals surface area contributed by atoms with Gasteiger partial charge in [-0.2, -0.15) is 0 Å². The molecule has 4 heteroatoms. The number of aliphatic hydroxyl groups excluding tert-OH is 1. The molecule has 1 aliphatic rings. The maximum Gasteiger partial charge on any atom is 0.238 e. The van der Waals surface area contributed by atoms with Crippen molar-refractivity contribution >= 4 is 11.6 Å². The standard InChI is InChI=1S/C18H28N2O2/c1-2-15-8-10-16(11-9-15)19-18(22)14-20(12-13-21)17-6-4-3-5-7-17/h8-11,17,21H,2-7,12-14H2,1H3,(H,19,22). The Morgan fingerprint density at radius 3 is 2.50 bits per heavy atom. The van der Waals surface area contributed by atoms with E-state index in [0.717, 1.165) is 24.9 Å². The lowest BCUT2D eigenvalue weighted by Crippen LogP contribution is -2.43. The van der Waals surface area contributed by atoms with Crippen LogP contribution in [0.2, 0.25) is 0 Å². The van der Waals surface area contributed by atoms with Gasteiger partial charge in [0.15, 0.2) is 0 Å². The summed E-state index contributed by atoms with van der Waals surface area (Å²) in [7, 11) is 0. The minimum Gasteiger partial charge on any atom is -0.395 e. The van der Waals surface area contributed by atoms with E-state index in [1.54, 1.807) is 0 Å². The molecular weight excluding hydrogens is 276 g/mol. The second-order valence-corrected chi connectivity index (χ2v) is 6.08. The fourth-order valence-electron chi connectivity index (χ4n) is 3.17. The predicted octanol–water partition coefficient (Wildman–Crippen LogP) is 2.81. The smallest absolute Gasteiger partial charge is 0.238 e. The second-order valence-electron chi connectivity index (χ2n) is 6.08. The highest BCUT2D eigenvalue weighted by molar-refractivity contribution is 5.92. The zero-order valence-electron chi connectivity index (χ0n) is 13.6. The van der Waals surface area contributed by atoms with Crippen LogP contribution in [0.1, 0.15) is 44.6 Å². The van der Waals surface area contributed by atoms with Crippen LogP contribution in [0, 0.1) is 0 Å². The first-order chi connectivity index (χ1) is 10.7. The number of rotatable bonds is 7. The van der Waals surface area contributed by atoms with Crippen molar-refractivity contribution in [2.24, 2.45) is 0 Å². The van der Waals surface area contributed by atoms with Gasteiger partial charge in [-0.3, -0.25) is 9.69 Å². The molecule has 1 saturated carbocycles. The summed E-state index contributed by atoms with van der Waals surface area (Å²) in [6.07, 6.45) is 7.02. The molecule has 0 atom stereocenters. The Morgan fingerprint density at radius 2 is 1.91 bits per heavy atom. The van der Waals surface area contributed by atoms with Crippen molar-refractivity contribution in [1.82, 2.24) is 4.90 Å². The number of hydrogen-bond acceptors (Lipinski definition) is 3. The summed E-state index contributed by atoms with van der Waals surface area (Å²) in [6, 6.07) is 8.43. The Kier molecular flexibility index (Phi) is 6.87. The molecule has 0 aromatic heterocycles. The fourth-order valence-corrected chi connectivity index (χ4v) is 3.17. The van der Waals surface area contributed by atoms with E-state index >= 15 is 0 Å². The van der Waals surface area contributed by atoms with Crippen LogP contribution < -0.4 is 5.32 Å². The molecule has 4 nitrogen and oxygen atoms in total. The summed E-state index contributed by atoms with van der Waals surface area (Å²) in [5, 5.41) is 12.2. The van der Waals surface area contributed by atoms with Crippen LogP contribution in [0.25, 0.3) is 0 Å². The molecule has 0 aliphatic heterocycles. The molecule has 0 spiro atoms. The summed E-state index contributed by atoms with van der Waals surface area (Å²) in [5.41, 5.74) is 2.11. The summed E-state index contributed by atoms with van der Waals surface area (Å²) >= 11 is 0. The van der Waals surface area contributed by atoms with E-state index < -0.39 is 0 Å². The maximum atomic E-state index is 12.3. The molecule has 2 N–H and O–H groups in total. The van der Waals surface area contributed by atoms with Crippen LogP contribution in [0.5, 0.6) is 0 Å². The first kappa shape index (κ1) is 17.0. The van der Waals surface area contributed by atoms with Crippen LogP contribution in [0.15, 0.2) is 24.3 Å². The SMILES string of the molecule is CCc1ccc(NC(=O)CN(CCO)C2CCCCC2)cc1. The van der Waals surface area contributed by atoms with Gasteiger partial charge in [-0.25, -0.2) is 0 Å². The van der Waals surface area contributed by atoms with E-state index in [4.69, 9.17) is 0 Å². The molecule has 0 saturated heterocycles. The number of anilines is 1. The molecule has 0 bridgehead atoms. The van der Waals surface area contributed by atoms with Gasteiger partial charge in [0, 0.05) is 18.3 Å². The second kappa shape index (κ2) is 8.91. The summed E-state index contributed by atoms with van der Waals surface area (Å²) in [6.45, 7) is 3.16. The van der Waals surface area contributed by atoms with E-state index in [1.807, 2.05) is 24.3 Å². The zero-order chi connectivity index (χ0) is 15.8. The number of nitrogens with zero attached hydrogens (tertiary/aromatic N) is 1. The van der Waals surface area contributed by atoms with Gasteiger partial charge in [0.05, 0.1) is 13.2 Å². The molecule has 122 valence electrons. The quantitative estimate of drug-likeness (QED) is 0.814. The van der Waals surface area contributed by atoms with Gasteiger partial charge in [-0.05, 0) is 37.0 Å². The van der Waals surface area contributed by atoms with Crippen LogP contribution in [0.4, 0.5) is 5.69 Å². The van der Waals surface area contributed by atoms with Crippen molar-refractivity contribution in [1.29, 1.82) is 0 Å². The first-order valence-corrected chi connectivity index (χ1v) is 8.46. The number of nitrogens with one attached hydrogen (secondary N) is 1. The third-order valence-electron chi connectivity index (χ3n) is 4.47. The third kappa shape index (κ3) is 5.11. The predicted molar refractivity (Wildman–Crippen MR) is 90.0 cm³/mol. The Balaban J connectivity index is 1.89. The normalized spacial score (nSPS) is 16.0. The first-order valence-electron chi connectivity index (χ1n) is 8.46. The Hall–Kier alpha value is -1.39. The average molecular weight is 304 g/mol. The van der Waals surface area contributed by atoms with Crippen LogP contribution in [0.3, 0.4) is 0 Å². The van der Waals surface area contributed by atoms with Gasteiger partial charge in [0.25, 0.3) is 0 Å². The van der Waals surface area contributed by atoms with Crippen LogP contribution in [-0.2, 0) is 11.2 Å². The maximum absolute atomic E-state index is 12.3. The van der Waals surface area contributed by atoms with Crippen molar-refractivity contribution < 1.29 is 9.90 Å². The summed E-state index contributed by atoms with van der Waals surface area (Å²) < 4.78 is 0. The highest BCUT2D eigenvalue weighted by Crippen LogP contribution is 2.22. The van der Waals surface area contributed by atoms with Crippen LogP contribution >= 0.6 is 0 Å². The Bertz CT molecular complexity index is 453. The minimum atomic E-state index is 0.00303. The largest absolute Gasteiger partial charge is 0.395 e. The molecule has 1 aromatic carbocycles. The highest BCUT2D eigenvalue weighted by Gasteiger charge is 2.22. The van der Waals surface area contributed by atoms with Crippen LogP contribution in [-0.4, -0.2) is 41.7 Å². The monoisotopic (exact) mass is 304 g/mol. The van der Waals surface area contributed by atoms with Crippen molar-refractivity contribution in [3.05, 3.63) is 29.8 Å². The molecule has 1 aliphatic carbocycles. The molecule has 0 unspecified atom stereocenters. The number of carbonyl (C=O) groups excluding carboxylic acids is 1. The Morgan fingerprint density at radius 1 is 1.23 bits per heavy atom. The molecule has 0 heterocycles. The van der Waals surface area contributed by atoms with Crippen molar-refractivity contribution in [2.75, 3.05) is 25.0 Å². The molecule has 0 radical (unpaired) electrons. The van der Waals surface area contributed by atoms with Gasteiger partial charge in [-0.15, -0.1) is 0 Å². The van der Waals surface area contributed by atoms with E-state index in [1.165, 1.54) is 24.8 Å². The highest BCUT2D eigenvalue weighted by atomic mass is 16.3. The number of amides is 1. The van der Waals surface area contributed by atoms with E-state index in [-0.39, 0.29) is 12.5 Å². The molecule has 2 rings (SSSR count). The van der Waals surface area contributed by atoms with Crippen molar-refractivity contribution in [3.63, 3.8) is 0 Å². The van der Waals surface area contributed by atoms with Gasteiger partial charge in [-0.1, -0.05) is 38.3 Å². The van der Waals surface area contributed by atoms with Gasteiger partial charge in [0.1, 0.15) is 0 Å². The number of aliphatic hydroxyl groups is 1. The summed E-state index contributed by atoms with van der Waals surface area (Å²) in [4.78, 5) is 14.4. The lowest BCUT2D eigenvalue weighted by molar-refractivity contribution is -0.118. The molecule has 1 aromatic rings. The van der Waals surface area contributed by atoms with Gasteiger partial charge >= 0.3 is 0 Å². The minimum absolute atomic E-state index is 0.00303. The lowest BCUT2D eigenvalue weighted by atomic mass is 9.94. The van der Waals surface area contributed by atoms with Crippen molar-refractivity contribution in [3.8, 4) is 0 Å². The number of aryl methyl sites for hydroxylation is 1. The number of hydrogen-bond donors (Lipinski definition) is 2. The molecule has 1 amide bonds. The number of benzene rings is 1. The fraction of sp³-hybridized carbons (Fsp3) is 0.611. The molecular formula is C18H28N2O2.